The van der Waals surface area contributed by atoms with E-state index in [2.05, 4.69) is 5.32 Å². The summed E-state index contributed by atoms with van der Waals surface area (Å²) in [6.07, 6.45) is -0.193. The molecule has 1 fully saturated rings. The number of carbonyl (C=O) groups is 2. The van der Waals surface area contributed by atoms with Crippen molar-refractivity contribution in [2.75, 3.05) is 6.54 Å². The van der Waals surface area contributed by atoms with Crippen LogP contribution in [0.15, 0.2) is 54.6 Å². The van der Waals surface area contributed by atoms with Gasteiger partial charge in [-0.25, -0.2) is 9.18 Å². The summed E-state index contributed by atoms with van der Waals surface area (Å²) in [7, 11) is -4.53. The van der Waals surface area contributed by atoms with E-state index in [4.69, 9.17) is 4.74 Å². The molecule has 3 N–H and O–H groups in total. The summed E-state index contributed by atoms with van der Waals surface area (Å²) in [6.45, 7) is 0.175. The van der Waals surface area contributed by atoms with Crippen molar-refractivity contribution in [2.45, 2.75) is 37.7 Å². The summed E-state index contributed by atoms with van der Waals surface area (Å²) in [4.78, 5) is 45.8. The predicted molar refractivity (Wildman–Crippen MR) is 110 cm³/mol. The lowest BCUT2D eigenvalue weighted by Crippen LogP contribution is -2.51. The first-order valence-electron chi connectivity index (χ1n) is 9.81. The van der Waals surface area contributed by atoms with E-state index in [0.717, 1.165) is 10.5 Å². The van der Waals surface area contributed by atoms with E-state index in [9.17, 15) is 28.3 Å². The van der Waals surface area contributed by atoms with Gasteiger partial charge in [-0.1, -0.05) is 42.5 Å². The zero-order valence-electron chi connectivity index (χ0n) is 16.7. The van der Waals surface area contributed by atoms with Crippen LogP contribution in [0.4, 0.5) is 9.18 Å². The van der Waals surface area contributed by atoms with E-state index in [1.165, 1.54) is 24.3 Å². The summed E-state index contributed by atoms with van der Waals surface area (Å²) in [6, 6.07) is 13.3. The van der Waals surface area contributed by atoms with Gasteiger partial charge in [0.2, 0.25) is 5.91 Å². The molecule has 2 aromatic carbocycles. The van der Waals surface area contributed by atoms with Crippen LogP contribution in [-0.2, 0) is 27.1 Å². The van der Waals surface area contributed by atoms with Crippen LogP contribution >= 0.6 is 7.60 Å². The molecule has 1 saturated heterocycles. The summed E-state index contributed by atoms with van der Waals surface area (Å²) >= 11 is 0. The molecule has 3 rings (SSSR count). The zero-order valence-corrected chi connectivity index (χ0v) is 17.6. The van der Waals surface area contributed by atoms with Crippen LogP contribution in [0, 0.1) is 5.82 Å². The number of alkyl carbamates (subject to hydrolysis) is 1. The Morgan fingerprint density at radius 3 is 2.45 bits per heavy atom. The van der Waals surface area contributed by atoms with Crippen LogP contribution in [0.2, 0.25) is 0 Å². The Balaban J connectivity index is 1.73. The van der Waals surface area contributed by atoms with Crippen LogP contribution in [0.3, 0.4) is 0 Å². The van der Waals surface area contributed by atoms with Gasteiger partial charge in [-0.05, 0) is 36.1 Å². The van der Waals surface area contributed by atoms with Gasteiger partial charge in [0.15, 0.2) is 0 Å². The Morgan fingerprint density at radius 2 is 1.81 bits per heavy atom. The number of benzene rings is 2. The Labute approximate surface area is 179 Å². The van der Waals surface area contributed by atoms with E-state index in [1.807, 2.05) is 6.07 Å². The maximum atomic E-state index is 13.2. The molecule has 2 amide bonds. The third-order valence-corrected chi connectivity index (χ3v) is 6.36. The quantitative estimate of drug-likeness (QED) is 0.559. The molecule has 8 nitrogen and oxygen atoms in total. The van der Waals surface area contributed by atoms with Gasteiger partial charge in [-0.3, -0.25) is 9.36 Å². The third-order valence-electron chi connectivity index (χ3n) is 5.05. The highest BCUT2D eigenvalue weighted by Crippen LogP contribution is 2.48. The van der Waals surface area contributed by atoms with E-state index in [0.29, 0.717) is 12.0 Å². The van der Waals surface area contributed by atoms with Crippen molar-refractivity contribution in [1.29, 1.82) is 0 Å². The average molecular weight is 450 g/mol. The number of nitrogens with zero attached hydrogens (tertiary/aromatic N) is 1. The number of halogens is 1. The van der Waals surface area contributed by atoms with Gasteiger partial charge in [0.05, 0.1) is 0 Å². The first-order valence-corrected chi connectivity index (χ1v) is 11.5. The molecule has 0 radical (unpaired) electrons. The van der Waals surface area contributed by atoms with Crippen molar-refractivity contribution in [3.05, 3.63) is 71.5 Å². The zero-order chi connectivity index (χ0) is 22.4. The highest BCUT2D eigenvalue weighted by molar-refractivity contribution is 7.52. The number of likely N-dealkylation sites (tertiary alicyclic amines) is 1. The van der Waals surface area contributed by atoms with Crippen molar-refractivity contribution < 1.29 is 33.1 Å². The Kier molecular flexibility index (Phi) is 7.43. The maximum absolute atomic E-state index is 13.2. The fourth-order valence-corrected chi connectivity index (χ4v) is 4.63. The van der Waals surface area contributed by atoms with Gasteiger partial charge < -0.3 is 24.7 Å². The van der Waals surface area contributed by atoms with Crippen molar-refractivity contribution in [1.82, 2.24) is 10.2 Å². The lowest BCUT2D eigenvalue weighted by molar-refractivity contribution is -0.133. The molecular weight excluding hydrogens is 426 g/mol. The van der Waals surface area contributed by atoms with Crippen LogP contribution < -0.4 is 5.32 Å². The van der Waals surface area contributed by atoms with Crippen molar-refractivity contribution in [2.24, 2.45) is 0 Å². The lowest BCUT2D eigenvalue weighted by Gasteiger charge is -2.29. The van der Waals surface area contributed by atoms with E-state index >= 15 is 0 Å². The number of hydrogen-bond acceptors (Lipinski definition) is 4. The predicted octanol–water partition coefficient (Wildman–Crippen LogP) is 2.79. The first kappa shape index (κ1) is 22.9. The van der Waals surface area contributed by atoms with Crippen LogP contribution in [0.1, 0.15) is 24.0 Å². The van der Waals surface area contributed by atoms with E-state index < -0.39 is 37.2 Å². The average Bonchev–Trinajstić information content (AvgIpc) is 3.24. The summed E-state index contributed by atoms with van der Waals surface area (Å²) < 4.78 is 30.2. The highest BCUT2D eigenvalue weighted by atomic mass is 31.2. The molecule has 166 valence electrons. The molecule has 0 aliphatic carbocycles. The van der Waals surface area contributed by atoms with Crippen molar-refractivity contribution in [3.8, 4) is 0 Å². The smallest absolute Gasteiger partial charge is 0.408 e. The molecule has 0 aromatic heterocycles. The molecule has 2 atom stereocenters. The van der Waals surface area contributed by atoms with E-state index in [1.54, 1.807) is 24.3 Å². The van der Waals surface area contributed by atoms with Gasteiger partial charge in [0, 0.05) is 13.0 Å². The van der Waals surface area contributed by atoms with Crippen LogP contribution in [-0.4, -0.2) is 45.1 Å². The SMILES string of the molecule is O=C(N[C@@H](Cc1ccc(F)cc1)C(=O)N1CCCC1P(=O)(O)O)OCc1ccccc1. The fourth-order valence-electron chi connectivity index (χ4n) is 3.52. The number of nitrogens with one attached hydrogen (secondary N) is 1. The second-order valence-corrected chi connectivity index (χ2v) is 9.11. The number of hydrogen-bond donors (Lipinski definition) is 3. The molecule has 1 aliphatic rings. The van der Waals surface area contributed by atoms with Crippen LogP contribution in [0.25, 0.3) is 0 Å². The molecule has 10 heteroatoms. The van der Waals surface area contributed by atoms with Gasteiger partial charge in [-0.15, -0.1) is 0 Å². The van der Waals surface area contributed by atoms with Gasteiger partial charge in [-0.2, -0.15) is 0 Å². The molecule has 31 heavy (non-hydrogen) atoms. The molecule has 1 unspecified atom stereocenters. The Hall–Kier alpha value is -2.74. The van der Waals surface area contributed by atoms with Crippen molar-refractivity contribution >= 4 is 19.6 Å². The molecular formula is C21H24FN2O6P. The van der Waals surface area contributed by atoms with Gasteiger partial charge in [0.25, 0.3) is 0 Å². The van der Waals surface area contributed by atoms with Gasteiger partial charge >= 0.3 is 13.7 Å². The third kappa shape index (κ3) is 6.37. The maximum Gasteiger partial charge on any atom is 0.408 e. The molecule has 0 saturated carbocycles. The summed E-state index contributed by atoms with van der Waals surface area (Å²) in [5, 5.41) is 2.50. The summed E-state index contributed by atoms with van der Waals surface area (Å²) in [5.41, 5.74) is 1.34. The number of amides is 2. The minimum atomic E-state index is -4.53. The molecule has 2 aromatic rings. The fraction of sp³-hybridized carbons (Fsp3) is 0.333. The highest BCUT2D eigenvalue weighted by Gasteiger charge is 2.42. The molecule has 0 bridgehead atoms. The molecule has 1 heterocycles. The lowest BCUT2D eigenvalue weighted by atomic mass is 10.0. The van der Waals surface area contributed by atoms with E-state index in [-0.39, 0.29) is 26.0 Å². The normalized spacial score (nSPS) is 17.3. The second-order valence-electron chi connectivity index (χ2n) is 7.33. The number of carbonyl (C=O) groups excluding carboxylic acids is 2. The first-order chi connectivity index (χ1) is 14.7. The van der Waals surface area contributed by atoms with Gasteiger partial charge in [0.1, 0.15) is 24.2 Å². The second kappa shape index (κ2) is 10.0. The van der Waals surface area contributed by atoms with Crippen LogP contribution in [0.5, 0.6) is 0 Å². The molecule has 1 aliphatic heterocycles. The number of rotatable bonds is 7. The topological polar surface area (TPSA) is 116 Å². The van der Waals surface area contributed by atoms with Crippen molar-refractivity contribution in [3.63, 3.8) is 0 Å². The minimum Gasteiger partial charge on any atom is -0.445 e. The summed E-state index contributed by atoms with van der Waals surface area (Å²) in [5.74, 6) is -2.28. The Morgan fingerprint density at radius 1 is 1.13 bits per heavy atom. The number of ether oxygens (including phenoxy) is 1. The minimum absolute atomic E-state index is 0.00104. The molecule has 0 spiro atoms. The largest absolute Gasteiger partial charge is 0.445 e. The standard InChI is InChI=1S/C21H24FN2O6P/c22-17-10-8-15(9-11-17)13-18(20(25)24-12-4-7-19(24)31(27,28)29)23-21(26)30-14-16-5-2-1-3-6-16/h1-3,5-6,8-11,18-19H,4,7,12-14H2,(H,23,26)(H2,27,28,29)/t18-,19?/m0/s1. The monoisotopic (exact) mass is 450 g/mol. The Bertz CT molecular complexity index is 950.